The molecule has 0 saturated heterocycles. The molecule has 0 atom stereocenters. The Labute approximate surface area is 82.9 Å². The molecule has 0 fully saturated rings. The minimum atomic E-state index is 0.618. The van der Waals surface area contributed by atoms with Crippen LogP contribution in [-0.4, -0.2) is 0 Å². The summed E-state index contributed by atoms with van der Waals surface area (Å²) in [5.74, 6) is 0. The van der Waals surface area contributed by atoms with Crippen LogP contribution in [0.1, 0.15) is 13.8 Å². The zero-order chi connectivity index (χ0) is 8.85. The van der Waals surface area contributed by atoms with E-state index in [1.807, 2.05) is 13.8 Å². The van der Waals surface area contributed by atoms with Crippen molar-refractivity contribution in [1.29, 1.82) is 0 Å². The molecule has 0 aliphatic rings. The van der Waals surface area contributed by atoms with E-state index in [9.17, 15) is 0 Å². The zero-order valence-electron chi connectivity index (χ0n) is 6.44. The molecule has 0 aromatic heterocycles. The van der Waals surface area contributed by atoms with Crippen molar-refractivity contribution in [3.8, 4) is 0 Å². The first-order valence-corrected chi connectivity index (χ1v) is 4.54. The first kappa shape index (κ1) is 11.2. The van der Waals surface area contributed by atoms with E-state index < -0.39 is 0 Å². The van der Waals surface area contributed by atoms with Crippen LogP contribution in [0.3, 0.4) is 0 Å². The Hall–Kier alpha value is 0.150. The summed E-state index contributed by atoms with van der Waals surface area (Å²) in [7, 11) is 0. The molecule has 1 aromatic carbocycles. The first-order chi connectivity index (χ1) is 5.18. The van der Waals surface area contributed by atoms with Gasteiger partial charge >= 0.3 is 0 Å². The lowest BCUT2D eigenvalue weighted by atomic mass is 10.4. The number of hydrogen-bond donors (Lipinski definition) is 1. The van der Waals surface area contributed by atoms with Crippen LogP contribution in [-0.2, 0) is 0 Å². The molecule has 3 heteroatoms. The number of rotatable bonds is 0. The average molecular weight is 209 g/mol. The molecule has 0 bridgehead atoms. The minimum absolute atomic E-state index is 0.618. The van der Waals surface area contributed by atoms with Crippen LogP contribution < -0.4 is 0 Å². The quantitative estimate of drug-likeness (QED) is 0.605. The maximum atomic E-state index is 5.62. The Morgan fingerprint density at radius 3 is 1.64 bits per heavy atom. The van der Waals surface area contributed by atoms with Crippen molar-refractivity contribution in [3.05, 3.63) is 28.2 Å². The van der Waals surface area contributed by atoms with Crippen molar-refractivity contribution in [2.75, 3.05) is 0 Å². The maximum absolute atomic E-state index is 5.62. The van der Waals surface area contributed by atoms with E-state index in [2.05, 4.69) is 12.6 Å². The Morgan fingerprint density at radius 2 is 1.36 bits per heavy atom. The van der Waals surface area contributed by atoms with Gasteiger partial charge in [0, 0.05) is 14.9 Å². The summed E-state index contributed by atoms with van der Waals surface area (Å²) >= 11 is 15.3. The van der Waals surface area contributed by atoms with Gasteiger partial charge in [0.15, 0.2) is 0 Å². The molecule has 1 rings (SSSR count). The van der Waals surface area contributed by atoms with Gasteiger partial charge in [-0.25, -0.2) is 0 Å². The van der Waals surface area contributed by atoms with E-state index in [0.717, 1.165) is 4.90 Å². The van der Waals surface area contributed by atoms with Crippen LogP contribution in [0.2, 0.25) is 10.0 Å². The largest absolute Gasteiger partial charge is 0.143 e. The second-order valence-electron chi connectivity index (χ2n) is 1.63. The molecule has 0 N–H and O–H groups in total. The highest BCUT2D eigenvalue weighted by molar-refractivity contribution is 7.80. The molecule has 0 aliphatic heterocycles. The molecule has 11 heavy (non-hydrogen) atoms. The highest BCUT2D eigenvalue weighted by Crippen LogP contribution is 2.20. The van der Waals surface area contributed by atoms with Crippen molar-refractivity contribution in [1.82, 2.24) is 0 Å². The second kappa shape index (κ2) is 5.76. The lowest BCUT2D eigenvalue weighted by Crippen LogP contribution is -1.66. The Balaban J connectivity index is 0.000000461. The summed E-state index contributed by atoms with van der Waals surface area (Å²) in [4.78, 5) is 0.785. The monoisotopic (exact) mass is 208 g/mol. The summed E-state index contributed by atoms with van der Waals surface area (Å²) in [6.07, 6.45) is 0. The van der Waals surface area contributed by atoms with E-state index in [1.165, 1.54) is 0 Å². The van der Waals surface area contributed by atoms with Crippen LogP contribution >= 0.6 is 35.8 Å². The third kappa shape index (κ3) is 4.57. The van der Waals surface area contributed by atoms with Crippen LogP contribution in [0.25, 0.3) is 0 Å². The van der Waals surface area contributed by atoms with Gasteiger partial charge in [-0.05, 0) is 18.2 Å². The van der Waals surface area contributed by atoms with Crippen LogP contribution in [0.15, 0.2) is 23.1 Å². The molecule has 0 radical (unpaired) electrons. The van der Waals surface area contributed by atoms with Gasteiger partial charge in [0.1, 0.15) is 0 Å². The molecule has 0 amide bonds. The number of benzene rings is 1. The summed E-state index contributed by atoms with van der Waals surface area (Å²) in [5.41, 5.74) is 0. The molecule has 62 valence electrons. The lowest BCUT2D eigenvalue weighted by Gasteiger charge is -1.92. The average Bonchev–Trinajstić information content (AvgIpc) is 1.88. The summed E-state index contributed by atoms with van der Waals surface area (Å²) in [5, 5.41) is 1.24. The fraction of sp³-hybridized carbons (Fsp3) is 0.250. The van der Waals surface area contributed by atoms with Crippen molar-refractivity contribution in [2.24, 2.45) is 0 Å². The SMILES string of the molecule is CC.Sc1cc(Cl)cc(Cl)c1. The third-order valence-corrected chi connectivity index (χ3v) is 1.54. The standard InChI is InChI=1S/C6H4Cl2S.C2H6/c7-4-1-5(8)3-6(9)2-4;1-2/h1-3,9H;1-2H3. The van der Waals surface area contributed by atoms with Crippen LogP contribution in [0.4, 0.5) is 0 Å². The van der Waals surface area contributed by atoms with Crippen molar-refractivity contribution in [2.45, 2.75) is 18.7 Å². The summed E-state index contributed by atoms with van der Waals surface area (Å²) < 4.78 is 0. The van der Waals surface area contributed by atoms with E-state index in [0.29, 0.717) is 10.0 Å². The highest BCUT2D eigenvalue weighted by Gasteiger charge is 1.91. The van der Waals surface area contributed by atoms with Gasteiger partial charge in [0.25, 0.3) is 0 Å². The van der Waals surface area contributed by atoms with Gasteiger partial charge < -0.3 is 0 Å². The molecular formula is C8H10Cl2S. The molecular weight excluding hydrogens is 199 g/mol. The van der Waals surface area contributed by atoms with E-state index in [1.54, 1.807) is 18.2 Å². The number of thiol groups is 1. The fourth-order valence-electron chi connectivity index (χ4n) is 0.539. The van der Waals surface area contributed by atoms with E-state index >= 15 is 0 Å². The number of halogens is 2. The van der Waals surface area contributed by atoms with Crippen molar-refractivity contribution in [3.63, 3.8) is 0 Å². The maximum Gasteiger partial charge on any atom is 0.0431 e. The fourth-order valence-corrected chi connectivity index (χ4v) is 1.50. The number of hydrogen-bond acceptors (Lipinski definition) is 1. The van der Waals surface area contributed by atoms with E-state index in [4.69, 9.17) is 23.2 Å². The highest BCUT2D eigenvalue weighted by atomic mass is 35.5. The van der Waals surface area contributed by atoms with Gasteiger partial charge in [-0.3, -0.25) is 0 Å². The molecule has 0 heterocycles. The smallest absolute Gasteiger partial charge is 0.0431 e. The molecule has 0 spiro atoms. The van der Waals surface area contributed by atoms with Gasteiger partial charge in [-0.15, -0.1) is 12.6 Å². The molecule has 0 nitrogen and oxygen atoms in total. The van der Waals surface area contributed by atoms with Crippen molar-refractivity contribution >= 4 is 35.8 Å². The van der Waals surface area contributed by atoms with Gasteiger partial charge in [-0.1, -0.05) is 37.0 Å². The summed E-state index contributed by atoms with van der Waals surface area (Å²) in [6.45, 7) is 4.00. The Kier molecular flexibility index (Phi) is 5.83. The predicted octanol–water partition coefficient (Wildman–Crippen LogP) is 4.31. The molecule has 0 unspecified atom stereocenters. The normalized spacial score (nSPS) is 8.45. The van der Waals surface area contributed by atoms with Gasteiger partial charge in [0.2, 0.25) is 0 Å². The molecule has 1 aromatic rings. The predicted molar refractivity (Wildman–Crippen MR) is 55.1 cm³/mol. The van der Waals surface area contributed by atoms with Crippen molar-refractivity contribution < 1.29 is 0 Å². The zero-order valence-corrected chi connectivity index (χ0v) is 8.84. The Morgan fingerprint density at radius 1 is 1.00 bits per heavy atom. The molecule has 0 aliphatic carbocycles. The van der Waals surface area contributed by atoms with Gasteiger partial charge in [-0.2, -0.15) is 0 Å². The third-order valence-electron chi connectivity index (χ3n) is 0.847. The Bertz CT molecular complexity index is 173. The molecule has 0 saturated carbocycles. The lowest BCUT2D eigenvalue weighted by molar-refractivity contribution is 1.48. The first-order valence-electron chi connectivity index (χ1n) is 3.33. The second-order valence-corrected chi connectivity index (χ2v) is 3.02. The van der Waals surface area contributed by atoms with E-state index in [-0.39, 0.29) is 0 Å². The minimum Gasteiger partial charge on any atom is -0.143 e. The summed E-state index contributed by atoms with van der Waals surface area (Å²) in [6, 6.07) is 5.13. The topological polar surface area (TPSA) is 0 Å². The van der Waals surface area contributed by atoms with Crippen LogP contribution in [0.5, 0.6) is 0 Å². The van der Waals surface area contributed by atoms with Gasteiger partial charge in [0.05, 0.1) is 0 Å². The van der Waals surface area contributed by atoms with Crippen LogP contribution in [0, 0.1) is 0 Å².